The first-order valence-corrected chi connectivity index (χ1v) is 14.7. The van der Waals surface area contributed by atoms with Crippen molar-refractivity contribution in [1.82, 2.24) is 4.90 Å². The highest BCUT2D eigenvalue weighted by atomic mass is 35.5. The van der Waals surface area contributed by atoms with Crippen molar-refractivity contribution >= 4 is 47.3 Å². The monoisotopic (exact) mass is 593 g/mol. The van der Waals surface area contributed by atoms with E-state index in [2.05, 4.69) is 4.74 Å². The van der Waals surface area contributed by atoms with E-state index in [1.807, 2.05) is 39.2 Å². The number of thioether (sulfide) groups is 1. The zero-order valence-electron chi connectivity index (χ0n) is 22.7. The number of carbonyl (C=O) groups excluding carboxylic acids is 2. The molecule has 2 unspecified atom stereocenters. The van der Waals surface area contributed by atoms with Gasteiger partial charge in [0.05, 0.1) is 17.2 Å². The molecule has 0 saturated carbocycles. The number of amides is 1. The maximum Gasteiger partial charge on any atom is 0.293 e. The van der Waals surface area contributed by atoms with E-state index in [1.54, 1.807) is 65.2 Å². The molecule has 0 radical (unpaired) electrons. The van der Waals surface area contributed by atoms with Crippen LogP contribution in [0.4, 0.5) is 4.39 Å². The van der Waals surface area contributed by atoms with Crippen LogP contribution in [0, 0.1) is 5.82 Å². The Morgan fingerprint density at radius 1 is 1.03 bits per heavy atom. The molecule has 39 heavy (non-hydrogen) atoms. The Hall–Kier alpha value is -2.58. The van der Waals surface area contributed by atoms with Crippen molar-refractivity contribution in [2.45, 2.75) is 39.0 Å². The molecule has 3 aromatic carbocycles. The summed E-state index contributed by atoms with van der Waals surface area (Å²) in [7, 11) is 1.49. The largest absolute Gasteiger partial charge is 0.467 e. The molecule has 9 heteroatoms. The molecular formula is C30H34Cl2FNO4S. The summed E-state index contributed by atoms with van der Waals surface area (Å²) < 4.78 is 25.6. The number of fused-ring (bicyclic) bond motifs is 1. The van der Waals surface area contributed by atoms with E-state index in [0.717, 1.165) is 11.3 Å². The number of rotatable bonds is 9. The van der Waals surface area contributed by atoms with E-state index in [-0.39, 0.29) is 17.5 Å². The molecule has 210 valence electrons. The van der Waals surface area contributed by atoms with Gasteiger partial charge in [0.1, 0.15) is 12.4 Å². The lowest BCUT2D eigenvalue weighted by molar-refractivity contribution is -0.128. The van der Waals surface area contributed by atoms with Crippen molar-refractivity contribution in [3.8, 4) is 0 Å². The summed E-state index contributed by atoms with van der Waals surface area (Å²) in [4.78, 5) is 24.7. The third-order valence-corrected chi connectivity index (χ3v) is 7.18. The predicted molar refractivity (Wildman–Crippen MR) is 158 cm³/mol. The molecule has 0 saturated heterocycles. The number of hydrogen-bond donors (Lipinski definition) is 0. The van der Waals surface area contributed by atoms with Gasteiger partial charge in [-0.05, 0) is 54.6 Å². The average Bonchev–Trinajstić information content (AvgIpc) is 3.22. The van der Waals surface area contributed by atoms with E-state index in [1.165, 1.54) is 13.2 Å². The Bertz CT molecular complexity index is 1210. The molecule has 0 aliphatic carbocycles. The summed E-state index contributed by atoms with van der Waals surface area (Å²) in [5.74, 6) is 0.104. The highest BCUT2D eigenvalue weighted by Gasteiger charge is 2.55. The van der Waals surface area contributed by atoms with Crippen molar-refractivity contribution in [3.63, 3.8) is 0 Å². The van der Waals surface area contributed by atoms with E-state index < -0.39 is 11.5 Å². The Labute approximate surface area is 244 Å². The van der Waals surface area contributed by atoms with Gasteiger partial charge in [-0.25, -0.2) is 4.39 Å². The number of benzene rings is 3. The molecule has 0 N–H and O–H groups in total. The number of nitrogens with zero attached hydrogens (tertiary/aromatic N) is 1. The van der Waals surface area contributed by atoms with Crippen LogP contribution in [0.15, 0.2) is 66.7 Å². The molecule has 4 rings (SSSR count). The lowest BCUT2D eigenvalue weighted by Crippen LogP contribution is -2.48. The molecule has 0 spiro atoms. The van der Waals surface area contributed by atoms with Gasteiger partial charge in [-0.3, -0.25) is 14.5 Å². The number of ether oxygens (including phenoxy) is 2. The minimum Gasteiger partial charge on any atom is -0.467 e. The first-order chi connectivity index (χ1) is 18.8. The van der Waals surface area contributed by atoms with Gasteiger partial charge < -0.3 is 9.47 Å². The molecular weight excluding hydrogens is 560 g/mol. The Morgan fingerprint density at radius 2 is 1.62 bits per heavy atom. The van der Waals surface area contributed by atoms with Gasteiger partial charge in [0.2, 0.25) is 0 Å². The minimum absolute atomic E-state index is 0.215. The van der Waals surface area contributed by atoms with E-state index >= 15 is 4.39 Å². The number of methoxy groups -OCH3 is 1. The van der Waals surface area contributed by atoms with Gasteiger partial charge in [0, 0.05) is 28.5 Å². The van der Waals surface area contributed by atoms with Crippen LogP contribution in [0.5, 0.6) is 0 Å². The quantitative estimate of drug-likeness (QED) is 0.185. The van der Waals surface area contributed by atoms with Gasteiger partial charge >= 0.3 is 0 Å². The number of hydrogen-bond acceptors (Lipinski definition) is 5. The van der Waals surface area contributed by atoms with Gasteiger partial charge in [-0.2, -0.15) is 11.8 Å². The maximum absolute atomic E-state index is 15.2. The first-order valence-electron chi connectivity index (χ1n) is 12.6. The average molecular weight is 595 g/mol. The van der Waals surface area contributed by atoms with Crippen molar-refractivity contribution < 1.29 is 23.5 Å². The second kappa shape index (κ2) is 15.9. The predicted octanol–water partition coefficient (Wildman–Crippen LogP) is 8.14. The van der Waals surface area contributed by atoms with Crippen molar-refractivity contribution in [2.24, 2.45) is 0 Å². The van der Waals surface area contributed by atoms with Crippen LogP contribution < -0.4 is 0 Å². The molecule has 1 amide bonds. The lowest BCUT2D eigenvalue weighted by atomic mass is 9.91. The third kappa shape index (κ3) is 7.14. The normalized spacial score (nSPS) is 16.3. The van der Waals surface area contributed by atoms with Gasteiger partial charge in [-0.1, -0.05) is 74.3 Å². The SMILES string of the molecule is CC.CCC(c1ccc(Cl)cc1)N1C(=O)c2cccc(F)c2C1(OC)c1ccc(Cl)cc1.CSCCOC=O. The van der Waals surface area contributed by atoms with Crippen molar-refractivity contribution in [2.75, 3.05) is 25.7 Å². The van der Waals surface area contributed by atoms with Gasteiger partial charge in [0.25, 0.3) is 12.4 Å². The summed E-state index contributed by atoms with van der Waals surface area (Å²) in [6.07, 6.45) is 2.57. The molecule has 1 heterocycles. The third-order valence-electron chi connectivity index (χ3n) is 6.10. The van der Waals surface area contributed by atoms with Crippen LogP contribution >= 0.6 is 35.0 Å². The number of carbonyl (C=O) groups is 2. The fourth-order valence-corrected chi connectivity index (χ4v) is 5.03. The second-order valence-electron chi connectivity index (χ2n) is 8.13. The van der Waals surface area contributed by atoms with Crippen molar-refractivity contribution in [3.05, 3.63) is 105 Å². The van der Waals surface area contributed by atoms with Crippen LogP contribution in [0.25, 0.3) is 0 Å². The summed E-state index contributed by atoms with van der Waals surface area (Å²) in [5, 5.41) is 1.14. The molecule has 0 bridgehead atoms. The molecule has 3 aromatic rings. The molecule has 0 fully saturated rings. The fourth-order valence-electron chi connectivity index (χ4n) is 4.51. The van der Waals surface area contributed by atoms with E-state index in [0.29, 0.717) is 40.7 Å². The zero-order chi connectivity index (χ0) is 29.0. The van der Waals surface area contributed by atoms with Crippen LogP contribution in [0.2, 0.25) is 10.0 Å². The smallest absolute Gasteiger partial charge is 0.293 e. The summed E-state index contributed by atoms with van der Waals surface area (Å²) in [6, 6.07) is 18.4. The van der Waals surface area contributed by atoms with E-state index in [4.69, 9.17) is 27.9 Å². The summed E-state index contributed by atoms with van der Waals surface area (Å²) in [5.41, 5.74) is 0.590. The van der Waals surface area contributed by atoms with Crippen LogP contribution in [-0.4, -0.2) is 43.0 Å². The van der Waals surface area contributed by atoms with Crippen LogP contribution in [0.3, 0.4) is 0 Å². The van der Waals surface area contributed by atoms with Gasteiger partial charge in [0.15, 0.2) is 5.72 Å². The highest BCUT2D eigenvalue weighted by molar-refractivity contribution is 7.98. The molecule has 2 atom stereocenters. The minimum atomic E-state index is -1.43. The zero-order valence-corrected chi connectivity index (χ0v) is 25.1. The topological polar surface area (TPSA) is 55.8 Å². The van der Waals surface area contributed by atoms with E-state index in [9.17, 15) is 9.59 Å². The van der Waals surface area contributed by atoms with Gasteiger partial charge in [-0.15, -0.1) is 0 Å². The second-order valence-corrected chi connectivity index (χ2v) is 9.99. The number of halogens is 3. The summed E-state index contributed by atoms with van der Waals surface area (Å²) in [6.45, 7) is 6.98. The molecule has 0 aromatic heterocycles. The molecule has 1 aliphatic rings. The Balaban J connectivity index is 0.000000517. The van der Waals surface area contributed by atoms with Crippen molar-refractivity contribution in [1.29, 1.82) is 0 Å². The van der Waals surface area contributed by atoms with Crippen LogP contribution in [0.1, 0.15) is 60.3 Å². The molecule has 1 aliphatic heterocycles. The fraction of sp³-hybridized carbons (Fsp3) is 0.333. The first kappa shape index (κ1) is 32.6. The Morgan fingerprint density at radius 3 is 2.13 bits per heavy atom. The summed E-state index contributed by atoms with van der Waals surface area (Å²) >= 11 is 13.8. The standard InChI is InChI=1S/C24H20Cl2FNO2.C4H8O2S.C2H6/c1-3-21(15-7-11-17(25)12-8-15)28-23(29)19-5-4-6-20(27)22(19)24(28,30-2)16-9-13-18(26)14-10-16;1-7-3-2-6-4-5;1-2/h4-14,21H,3H2,1-2H3;4H,2-3H2,1H3;1-2H3. The lowest BCUT2D eigenvalue weighted by Gasteiger charge is -2.43. The molecule has 5 nitrogen and oxygen atoms in total. The van der Waals surface area contributed by atoms with Crippen LogP contribution in [-0.2, 0) is 20.0 Å². The highest BCUT2D eigenvalue weighted by Crippen LogP contribution is 2.50. The Kier molecular flexibility index (Phi) is 13.3. The maximum atomic E-state index is 15.2.